The van der Waals surface area contributed by atoms with Gasteiger partial charge in [0.1, 0.15) is 6.61 Å². The normalized spacial score (nSPS) is 18.5. The lowest BCUT2D eigenvalue weighted by molar-refractivity contribution is -0.174. The Bertz CT molecular complexity index is 220. The van der Waals surface area contributed by atoms with Crippen molar-refractivity contribution in [2.24, 2.45) is 0 Å². The highest BCUT2D eigenvalue weighted by atomic mass is 19.4. The van der Waals surface area contributed by atoms with Crippen LogP contribution in [0.3, 0.4) is 0 Å². The van der Waals surface area contributed by atoms with Gasteiger partial charge in [0.2, 0.25) is 0 Å². The summed E-state index contributed by atoms with van der Waals surface area (Å²) in [5.41, 5.74) is 0. The predicted octanol–water partition coefficient (Wildman–Crippen LogP) is 0.402. The molecule has 1 fully saturated rings. The third-order valence-electron chi connectivity index (χ3n) is 2.89. The molecule has 1 N–H and O–H groups in total. The molecule has 7 heteroatoms. The molecule has 0 aromatic carbocycles. The summed E-state index contributed by atoms with van der Waals surface area (Å²) in [6, 6.07) is 0. The lowest BCUT2D eigenvalue weighted by Crippen LogP contribution is -2.46. The van der Waals surface area contributed by atoms with Gasteiger partial charge in [0.05, 0.1) is 6.61 Å². The Kier molecular flexibility index (Phi) is 6.91. The highest BCUT2D eigenvalue weighted by Crippen LogP contribution is 2.14. The van der Waals surface area contributed by atoms with E-state index in [-0.39, 0.29) is 6.61 Å². The molecule has 0 spiro atoms. The van der Waals surface area contributed by atoms with Crippen LogP contribution in [0.1, 0.15) is 0 Å². The second-order valence-corrected chi connectivity index (χ2v) is 4.56. The summed E-state index contributed by atoms with van der Waals surface area (Å²) in [7, 11) is 1.90. The van der Waals surface area contributed by atoms with Crippen LogP contribution in [0.5, 0.6) is 0 Å². The molecule has 0 aliphatic carbocycles. The lowest BCUT2D eigenvalue weighted by Gasteiger charge is -2.29. The Morgan fingerprint density at radius 3 is 2.50 bits per heavy atom. The molecule has 0 unspecified atom stereocenters. The molecule has 0 aromatic heterocycles. The van der Waals surface area contributed by atoms with E-state index in [4.69, 9.17) is 0 Å². The number of alkyl halides is 3. The van der Waals surface area contributed by atoms with Gasteiger partial charge >= 0.3 is 6.18 Å². The van der Waals surface area contributed by atoms with Crippen molar-refractivity contribution >= 4 is 0 Å². The monoisotopic (exact) mass is 269 g/mol. The van der Waals surface area contributed by atoms with Crippen molar-refractivity contribution in [1.82, 2.24) is 15.1 Å². The van der Waals surface area contributed by atoms with Crippen LogP contribution in [-0.4, -0.2) is 82.1 Å². The van der Waals surface area contributed by atoms with Gasteiger partial charge in [-0.2, -0.15) is 13.2 Å². The van der Waals surface area contributed by atoms with Gasteiger partial charge in [-0.05, 0) is 7.05 Å². The molecule has 1 aliphatic rings. The lowest BCUT2D eigenvalue weighted by atomic mass is 10.3. The Morgan fingerprint density at radius 2 is 1.89 bits per heavy atom. The maximum Gasteiger partial charge on any atom is 0.411 e. The minimum absolute atomic E-state index is 0.123. The standard InChI is InChI=1S/C11H22F3N3O/c1-16(8-9-18-10-11(12,13)14)6-7-17-4-2-15-3-5-17/h15H,2-10H2,1H3. The van der Waals surface area contributed by atoms with Crippen molar-refractivity contribution in [1.29, 1.82) is 0 Å². The van der Waals surface area contributed by atoms with Crippen LogP contribution < -0.4 is 5.32 Å². The van der Waals surface area contributed by atoms with Crippen LogP contribution in [0.15, 0.2) is 0 Å². The quantitative estimate of drug-likeness (QED) is 0.677. The summed E-state index contributed by atoms with van der Waals surface area (Å²) < 4.78 is 40.0. The average molecular weight is 269 g/mol. The SMILES string of the molecule is CN(CCOCC(F)(F)F)CCN1CCNCC1. The van der Waals surface area contributed by atoms with E-state index in [9.17, 15) is 13.2 Å². The first-order valence-corrected chi connectivity index (χ1v) is 6.23. The summed E-state index contributed by atoms with van der Waals surface area (Å²) >= 11 is 0. The maximum atomic E-state index is 11.8. The molecule has 4 nitrogen and oxygen atoms in total. The van der Waals surface area contributed by atoms with Gasteiger partial charge in [-0.15, -0.1) is 0 Å². The first-order valence-electron chi connectivity index (χ1n) is 6.23. The first-order chi connectivity index (χ1) is 8.47. The van der Waals surface area contributed by atoms with E-state index >= 15 is 0 Å². The smallest absolute Gasteiger partial charge is 0.371 e. The van der Waals surface area contributed by atoms with Crippen molar-refractivity contribution in [3.63, 3.8) is 0 Å². The van der Waals surface area contributed by atoms with Crippen LogP contribution in [-0.2, 0) is 4.74 Å². The van der Waals surface area contributed by atoms with E-state index in [0.29, 0.717) is 6.54 Å². The Labute approximate surface area is 106 Å². The molecule has 0 atom stereocenters. The van der Waals surface area contributed by atoms with Gasteiger partial charge in [0.15, 0.2) is 0 Å². The van der Waals surface area contributed by atoms with E-state index in [1.165, 1.54) is 0 Å². The zero-order valence-electron chi connectivity index (χ0n) is 10.8. The number of ether oxygens (including phenoxy) is 1. The fraction of sp³-hybridized carbons (Fsp3) is 1.00. The number of hydrogen-bond acceptors (Lipinski definition) is 4. The molecule has 1 rings (SSSR count). The van der Waals surface area contributed by atoms with Crippen LogP contribution in [0.4, 0.5) is 13.2 Å². The number of piperazine rings is 1. The van der Waals surface area contributed by atoms with Crippen LogP contribution >= 0.6 is 0 Å². The van der Waals surface area contributed by atoms with Gasteiger partial charge < -0.3 is 15.0 Å². The largest absolute Gasteiger partial charge is 0.411 e. The molecule has 0 radical (unpaired) electrons. The molecule has 108 valence electrons. The third kappa shape index (κ3) is 7.86. The number of nitrogens with one attached hydrogen (secondary N) is 1. The second kappa shape index (κ2) is 7.93. The number of hydrogen-bond donors (Lipinski definition) is 1. The number of rotatable bonds is 7. The molecule has 1 saturated heterocycles. The maximum absolute atomic E-state index is 11.8. The van der Waals surface area contributed by atoms with Crippen LogP contribution in [0.25, 0.3) is 0 Å². The van der Waals surface area contributed by atoms with E-state index in [2.05, 4.69) is 15.0 Å². The van der Waals surface area contributed by atoms with Crippen molar-refractivity contribution in [3.8, 4) is 0 Å². The van der Waals surface area contributed by atoms with Gasteiger partial charge in [-0.1, -0.05) is 0 Å². The fourth-order valence-corrected chi connectivity index (χ4v) is 1.77. The zero-order chi connectivity index (χ0) is 13.4. The second-order valence-electron chi connectivity index (χ2n) is 4.56. The van der Waals surface area contributed by atoms with Gasteiger partial charge in [0.25, 0.3) is 0 Å². The minimum Gasteiger partial charge on any atom is -0.371 e. The Balaban J connectivity index is 1.98. The van der Waals surface area contributed by atoms with Gasteiger partial charge in [-0.3, -0.25) is 4.90 Å². The Hall–Kier alpha value is -0.370. The van der Waals surface area contributed by atoms with Crippen molar-refractivity contribution in [3.05, 3.63) is 0 Å². The Morgan fingerprint density at radius 1 is 1.22 bits per heavy atom. The van der Waals surface area contributed by atoms with Gasteiger partial charge in [-0.25, -0.2) is 0 Å². The molecule has 0 bridgehead atoms. The van der Waals surface area contributed by atoms with E-state index in [1.54, 1.807) is 0 Å². The molecule has 18 heavy (non-hydrogen) atoms. The summed E-state index contributed by atoms with van der Waals surface area (Å²) in [4.78, 5) is 4.35. The predicted molar refractivity (Wildman–Crippen MR) is 63.7 cm³/mol. The van der Waals surface area contributed by atoms with Crippen LogP contribution in [0.2, 0.25) is 0 Å². The summed E-state index contributed by atoms with van der Waals surface area (Å²) in [5.74, 6) is 0. The number of nitrogens with zero attached hydrogens (tertiary/aromatic N) is 2. The highest BCUT2D eigenvalue weighted by Gasteiger charge is 2.27. The van der Waals surface area contributed by atoms with Gasteiger partial charge in [0, 0.05) is 45.8 Å². The molecule has 1 heterocycles. The zero-order valence-corrected chi connectivity index (χ0v) is 10.8. The highest BCUT2D eigenvalue weighted by molar-refractivity contribution is 4.68. The summed E-state index contributed by atoms with van der Waals surface area (Å²) in [5, 5.41) is 3.28. The van der Waals surface area contributed by atoms with Crippen molar-refractivity contribution < 1.29 is 17.9 Å². The van der Waals surface area contributed by atoms with Crippen molar-refractivity contribution in [2.75, 3.05) is 66.1 Å². The number of likely N-dealkylation sites (N-methyl/N-ethyl adjacent to an activating group) is 1. The van der Waals surface area contributed by atoms with Crippen molar-refractivity contribution in [2.45, 2.75) is 6.18 Å². The molecular weight excluding hydrogens is 247 g/mol. The topological polar surface area (TPSA) is 27.7 Å². The average Bonchev–Trinajstić information content (AvgIpc) is 2.32. The molecule has 0 amide bonds. The molecule has 1 aliphatic heterocycles. The molecule has 0 saturated carbocycles. The van der Waals surface area contributed by atoms with Crippen LogP contribution in [0, 0.1) is 0 Å². The van der Waals surface area contributed by atoms with E-state index in [1.807, 2.05) is 11.9 Å². The molecule has 0 aromatic rings. The number of halogens is 3. The fourth-order valence-electron chi connectivity index (χ4n) is 1.77. The summed E-state index contributed by atoms with van der Waals surface area (Å²) in [6.07, 6.45) is -4.22. The third-order valence-corrected chi connectivity index (χ3v) is 2.89. The van der Waals surface area contributed by atoms with E-state index in [0.717, 1.165) is 39.3 Å². The summed E-state index contributed by atoms with van der Waals surface area (Å²) in [6.45, 7) is 5.42. The molecular formula is C11H22F3N3O. The minimum atomic E-state index is -4.22. The van der Waals surface area contributed by atoms with E-state index < -0.39 is 12.8 Å². The first kappa shape index (κ1) is 15.7.